The molecule has 0 saturated heterocycles. The van der Waals surface area contributed by atoms with Crippen LogP contribution in [0.25, 0.3) is 0 Å². The lowest BCUT2D eigenvalue weighted by Gasteiger charge is -2.25. The summed E-state index contributed by atoms with van der Waals surface area (Å²) in [5.41, 5.74) is 1.11. The molecule has 0 aliphatic heterocycles. The molecule has 1 atom stereocenters. The van der Waals surface area contributed by atoms with Gasteiger partial charge in [-0.15, -0.1) is 0 Å². The van der Waals surface area contributed by atoms with Crippen LogP contribution in [0.5, 0.6) is 0 Å². The molecule has 6 nitrogen and oxygen atoms in total. The van der Waals surface area contributed by atoms with Crippen LogP contribution in [0.4, 0.5) is 0 Å². The number of ether oxygens (including phenoxy) is 1. The van der Waals surface area contributed by atoms with Crippen molar-refractivity contribution < 1.29 is 19.1 Å². The summed E-state index contributed by atoms with van der Waals surface area (Å²) in [4.78, 5) is 36.9. The molecule has 138 valence electrons. The summed E-state index contributed by atoms with van der Waals surface area (Å²) < 4.78 is 4.75. The molecule has 25 heavy (non-hydrogen) atoms. The third kappa shape index (κ3) is 8.33. The molecular formula is C19H28N2O4. The highest BCUT2D eigenvalue weighted by atomic mass is 16.5. The minimum absolute atomic E-state index is 0.00225. The maximum Gasteiger partial charge on any atom is 0.310 e. The first-order valence-electron chi connectivity index (χ1n) is 8.58. The lowest BCUT2D eigenvalue weighted by Crippen LogP contribution is -2.39. The average molecular weight is 348 g/mol. The molecule has 0 aliphatic rings. The van der Waals surface area contributed by atoms with Crippen molar-refractivity contribution in [1.82, 2.24) is 10.2 Å². The molecule has 0 heterocycles. The number of rotatable bonds is 10. The largest absolute Gasteiger partial charge is 0.469 e. The molecule has 0 aromatic heterocycles. The van der Waals surface area contributed by atoms with Gasteiger partial charge in [0.05, 0.1) is 13.0 Å². The number of carbonyl (C=O) groups is 3. The third-order valence-corrected chi connectivity index (χ3v) is 3.90. The number of carbonyl (C=O) groups excluding carboxylic acids is 3. The monoisotopic (exact) mass is 348 g/mol. The van der Waals surface area contributed by atoms with E-state index in [9.17, 15) is 14.4 Å². The van der Waals surface area contributed by atoms with Gasteiger partial charge in [-0.2, -0.15) is 0 Å². The van der Waals surface area contributed by atoms with Crippen LogP contribution in [0.3, 0.4) is 0 Å². The Morgan fingerprint density at radius 3 is 2.48 bits per heavy atom. The van der Waals surface area contributed by atoms with Crippen LogP contribution >= 0.6 is 0 Å². The first-order valence-corrected chi connectivity index (χ1v) is 8.58. The predicted octanol–water partition coefficient (Wildman–Crippen LogP) is 1.78. The van der Waals surface area contributed by atoms with E-state index in [1.165, 1.54) is 14.0 Å². The van der Waals surface area contributed by atoms with E-state index in [4.69, 9.17) is 4.74 Å². The van der Waals surface area contributed by atoms with Crippen LogP contribution in [-0.4, -0.2) is 49.4 Å². The number of hydrogen-bond acceptors (Lipinski definition) is 4. The summed E-state index contributed by atoms with van der Waals surface area (Å²) in [6.07, 6.45) is 1.69. The Morgan fingerprint density at radius 2 is 1.88 bits per heavy atom. The van der Waals surface area contributed by atoms with Crippen molar-refractivity contribution in [3.05, 3.63) is 35.9 Å². The van der Waals surface area contributed by atoms with Gasteiger partial charge in [0.1, 0.15) is 0 Å². The Labute approximate surface area is 149 Å². The molecule has 0 radical (unpaired) electrons. The number of nitrogens with one attached hydrogen (secondary N) is 1. The Kier molecular flexibility index (Phi) is 9.29. The van der Waals surface area contributed by atoms with Gasteiger partial charge in [0.25, 0.3) is 0 Å². The van der Waals surface area contributed by atoms with Crippen LogP contribution in [0, 0.1) is 5.92 Å². The first-order chi connectivity index (χ1) is 11.9. The number of nitrogens with zero attached hydrogens (tertiary/aromatic N) is 1. The maximum absolute atomic E-state index is 12.6. The Balaban J connectivity index is 2.59. The molecule has 0 fully saturated rings. The van der Waals surface area contributed by atoms with Gasteiger partial charge in [0.15, 0.2) is 0 Å². The van der Waals surface area contributed by atoms with Gasteiger partial charge in [-0.25, -0.2) is 0 Å². The van der Waals surface area contributed by atoms with Crippen molar-refractivity contribution in [2.45, 2.75) is 33.1 Å². The van der Waals surface area contributed by atoms with Gasteiger partial charge in [-0.1, -0.05) is 37.3 Å². The molecule has 0 aliphatic carbocycles. The molecular weight excluding hydrogens is 320 g/mol. The van der Waals surface area contributed by atoms with Crippen LogP contribution in [-0.2, 0) is 25.5 Å². The normalized spacial score (nSPS) is 11.5. The van der Waals surface area contributed by atoms with Crippen LogP contribution in [0.2, 0.25) is 0 Å². The molecule has 0 saturated carbocycles. The molecule has 0 bridgehead atoms. The predicted molar refractivity (Wildman–Crippen MR) is 95.8 cm³/mol. The Morgan fingerprint density at radius 1 is 1.20 bits per heavy atom. The summed E-state index contributed by atoms with van der Waals surface area (Å²) in [5, 5.41) is 2.72. The minimum Gasteiger partial charge on any atom is -0.469 e. The molecule has 2 amide bonds. The zero-order chi connectivity index (χ0) is 18.7. The standard InChI is InChI=1S/C19H28N2O4/c1-15(19(24)25-3)14-21(13-7-12-20-16(2)22)18(23)11-10-17-8-5-4-6-9-17/h4-6,8-9,15H,7,10-14H2,1-3H3,(H,20,22). The molecule has 1 N–H and O–H groups in total. The van der Waals surface area contributed by atoms with Crippen molar-refractivity contribution in [1.29, 1.82) is 0 Å². The fraction of sp³-hybridized carbons (Fsp3) is 0.526. The summed E-state index contributed by atoms with van der Waals surface area (Å²) in [6, 6.07) is 9.82. The molecule has 1 rings (SSSR count). The molecule has 0 spiro atoms. The van der Waals surface area contributed by atoms with E-state index in [1.54, 1.807) is 11.8 Å². The van der Waals surface area contributed by atoms with E-state index >= 15 is 0 Å². The highest BCUT2D eigenvalue weighted by Gasteiger charge is 2.21. The van der Waals surface area contributed by atoms with Crippen molar-refractivity contribution in [3.8, 4) is 0 Å². The SMILES string of the molecule is COC(=O)C(C)CN(CCCNC(C)=O)C(=O)CCc1ccccc1. The van der Waals surface area contributed by atoms with Gasteiger partial charge < -0.3 is 15.0 Å². The first kappa shape index (κ1) is 20.7. The Bertz CT molecular complexity index is 560. The summed E-state index contributed by atoms with van der Waals surface area (Å²) >= 11 is 0. The fourth-order valence-electron chi connectivity index (χ4n) is 2.51. The Hall–Kier alpha value is -2.37. The average Bonchev–Trinajstić information content (AvgIpc) is 2.61. The van der Waals surface area contributed by atoms with E-state index < -0.39 is 0 Å². The second-order valence-corrected chi connectivity index (χ2v) is 6.09. The van der Waals surface area contributed by atoms with Crippen molar-refractivity contribution in [2.24, 2.45) is 5.92 Å². The van der Waals surface area contributed by atoms with Crippen molar-refractivity contribution >= 4 is 17.8 Å². The van der Waals surface area contributed by atoms with Gasteiger partial charge in [-0.3, -0.25) is 14.4 Å². The minimum atomic E-state index is -0.383. The van der Waals surface area contributed by atoms with Crippen molar-refractivity contribution in [2.75, 3.05) is 26.7 Å². The second-order valence-electron chi connectivity index (χ2n) is 6.09. The molecule has 6 heteroatoms. The van der Waals surface area contributed by atoms with Gasteiger partial charge in [0.2, 0.25) is 11.8 Å². The maximum atomic E-state index is 12.6. The smallest absolute Gasteiger partial charge is 0.310 e. The van der Waals surface area contributed by atoms with Gasteiger partial charge >= 0.3 is 5.97 Å². The summed E-state index contributed by atoms with van der Waals surface area (Å²) in [7, 11) is 1.34. The summed E-state index contributed by atoms with van der Waals surface area (Å²) in [5.74, 6) is -0.804. The zero-order valence-corrected chi connectivity index (χ0v) is 15.3. The number of amides is 2. The number of benzene rings is 1. The second kappa shape index (κ2) is 11.2. The third-order valence-electron chi connectivity index (χ3n) is 3.90. The topological polar surface area (TPSA) is 75.7 Å². The fourth-order valence-corrected chi connectivity index (χ4v) is 2.51. The van der Waals surface area contributed by atoms with E-state index in [0.717, 1.165) is 5.56 Å². The quantitative estimate of drug-likeness (QED) is 0.517. The highest BCUT2D eigenvalue weighted by Crippen LogP contribution is 2.09. The number of hydrogen-bond donors (Lipinski definition) is 1. The molecule has 1 aromatic rings. The lowest BCUT2D eigenvalue weighted by molar-refractivity contribution is -0.146. The molecule has 1 unspecified atom stereocenters. The van der Waals surface area contributed by atoms with Crippen LogP contribution in [0.15, 0.2) is 30.3 Å². The van der Waals surface area contributed by atoms with Gasteiger partial charge in [0, 0.05) is 33.0 Å². The van der Waals surface area contributed by atoms with Gasteiger partial charge in [-0.05, 0) is 18.4 Å². The number of esters is 1. The zero-order valence-electron chi connectivity index (χ0n) is 15.3. The summed E-state index contributed by atoms with van der Waals surface area (Å²) in [6.45, 7) is 4.53. The number of methoxy groups -OCH3 is 1. The van der Waals surface area contributed by atoms with Crippen molar-refractivity contribution in [3.63, 3.8) is 0 Å². The van der Waals surface area contributed by atoms with Crippen LogP contribution in [0.1, 0.15) is 32.3 Å². The van der Waals surface area contributed by atoms with E-state index in [1.807, 2.05) is 30.3 Å². The van der Waals surface area contributed by atoms with E-state index in [-0.39, 0.29) is 23.7 Å². The lowest BCUT2D eigenvalue weighted by atomic mass is 10.1. The van der Waals surface area contributed by atoms with E-state index in [0.29, 0.717) is 38.9 Å². The number of aryl methyl sites for hydroxylation is 1. The van der Waals surface area contributed by atoms with Crippen LogP contribution < -0.4 is 5.32 Å². The molecule has 1 aromatic carbocycles. The van der Waals surface area contributed by atoms with E-state index in [2.05, 4.69) is 5.32 Å². The highest BCUT2D eigenvalue weighted by molar-refractivity contribution is 5.78.